The van der Waals surface area contributed by atoms with Crippen LogP contribution in [0.1, 0.15) is 13.8 Å². The average Bonchev–Trinajstić information content (AvgIpc) is 2.58. The molecule has 1 atom stereocenters. The highest BCUT2D eigenvalue weighted by Gasteiger charge is 2.27. The molecule has 0 aliphatic carbocycles. The molecule has 1 unspecified atom stereocenters. The summed E-state index contributed by atoms with van der Waals surface area (Å²) in [5.41, 5.74) is 1.52. The van der Waals surface area contributed by atoms with Crippen molar-refractivity contribution in [2.24, 2.45) is 0 Å². The number of rotatable bonds is 10. The minimum Gasteiger partial charge on any atom is -0.501 e. The Morgan fingerprint density at radius 2 is 1.39 bits per heavy atom. The van der Waals surface area contributed by atoms with Crippen molar-refractivity contribution >= 4 is 0 Å². The standard InChI is InChI=1S/C20H29NO2/c1-9-17(13-12-16(4)22-7)20(5,21-6)18(10-2)14-15-19(11-3)23-8/h9-15,21H,1-3H2,4-8H3/b16-12+,17-13+,18-14+,19-15+. The zero-order valence-corrected chi connectivity index (χ0v) is 15.0. The van der Waals surface area contributed by atoms with Gasteiger partial charge in [0.1, 0.15) is 5.76 Å². The molecule has 0 spiro atoms. The van der Waals surface area contributed by atoms with E-state index in [1.807, 2.05) is 50.4 Å². The van der Waals surface area contributed by atoms with Crippen LogP contribution in [0.25, 0.3) is 0 Å². The molecule has 0 aliphatic rings. The molecule has 3 nitrogen and oxygen atoms in total. The van der Waals surface area contributed by atoms with E-state index in [0.717, 1.165) is 16.9 Å². The van der Waals surface area contributed by atoms with E-state index in [2.05, 4.69) is 32.0 Å². The molecule has 0 bridgehead atoms. The SMILES string of the molecule is C=C/C(=C\C=C(/C=C)C(C)(NC)/C(C=C)=C/C=C(\C)OC)OC. The van der Waals surface area contributed by atoms with Crippen molar-refractivity contribution < 1.29 is 9.47 Å². The number of hydrogen-bond acceptors (Lipinski definition) is 3. The zero-order chi connectivity index (χ0) is 17.9. The van der Waals surface area contributed by atoms with Gasteiger partial charge >= 0.3 is 0 Å². The van der Waals surface area contributed by atoms with Crippen molar-refractivity contribution in [2.45, 2.75) is 19.4 Å². The molecule has 0 aromatic heterocycles. The molecular weight excluding hydrogens is 286 g/mol. The third kappa shape index (κ3) is 5.80. The van der Waals surface area contributed by atoms with E-state index in [1.165, 1.54) is 0 Å². The van der Waals surface area contributed by atoms with Crippen LogP contribution in [0.5, 0.6) is 0 Å². The van der Waals surface area contributed by atoms with Crippen LogP contribution in [0.3, 0.4) is 0 Å². The predicted octanol–water partition coefficient (Wildman–Crippen LogP) is 4.46. The van der Waals surface area contributed by atoms with Crippen LogP contribution in [0.15, 0.2) is 84.9 Å². The van der Waals surface area contributed by atoms with Crippen molar-refractivity contribution in [1.82, 2.24) is 5.32 Å². The van der Waals surface area contributed by atoms with Crippen LogP contribution >= 0.6 is 0 Å². The molecule has 1 N–H and O–H groups in total. The Hall–Kier alpha value is -2.26. The quantitative estimate of drug-likeness (QED) is 0.477. The zero-order valence-electron chi connectivity index (χ0n) is 15.0. The Balaban J connectivity index is 5.99. The summed E-state index contributed by atoms with van der Waals surface area (Å²) in [5.74, 6) is 1.50. The highest BCUT2D eigenvalue weighted by atomic mass is 16.5. The van der Waals surface area contributed by atoms with Crippen LogP contribution in [0.4, 0.5) is 0 Å². The average molecular weight is 315 g/mol. The first-order valence-corrected chi connectivity index (χ1v) is 7.39. The number of allylic oxidation sites excluding steroid dienone is 6. The molecule has 0 radical (unpaired) electrons. The van der Waals surface area contributed by atoms with E-state index in [0.29, 0.717) is 5.76 Å². The van der Waals surface area contributed by atoms with Crippen LogP contribution in [-0.4, -0.2) is 26.8 Å². The smallest absolute Gasteiger partial charge is 0.118 e. The number of likely N-dealkylation sites (N-methyl/N-ethyl adjacent to an activating group) is 1. The molecule has 0 saturated carbocycles. The summed E-state index contributed by atoms with van der Waals surface area (Å²) in [7, 11) is 5.15. The second-order valence-corrected chi connectivity index (χ2v) is 4.99. The second kappa shape index (κ2) is 10.5. The van der Waals surface area contributed by atoms with E-state index < -0.39 is 5.54 Å². The van der Waals surface area contributed by atoms with Crippen molar-refractivity contribution in [3.63, 3.8) is 0 Å². The third-order valence-electron chi connectivity index (χ3n) is 3.78. The lowest BCUT2D eigenvalue weighted by atomic mass is 9.83. The van der Waals surface area contributed by atoms with Gasteiger partial charge < -0.3 is 14.8 Å². The molecular formula is C20H29NO2. The maximum atomic E-state index is 5.20. The van der Waals surface area contributed by atoms with E-state index in [-0.39, 0.29) is 0 Å². The fourth-order valence-corrected chi connectivity index (χ4v) is 2.00. The Kier molecular flexibility index (Phi) is 9.44. The van der Waals surface area contributed by atoms with Crippen molar-refractivity contribution in [2.75, 3.05) is 21.3 Å². The van der Waals surface area contributed by atoms with Gasteiger partial charge in [-0.2, -0.15) is 0 Å². The first kappa shape index (κ1) is 20.7. The van der Waals surface area contributed by atoms with E-state index in [1.54, 1.807) is 20.3 Å². The van der Waals surface area contributed by atoms with Gasteiger partial charge in [-0.1, -0.05) is 44.0 Å². The van der Waals surface area contributed by atoms with Crippen molar-refractivity contribution in [1.29, 1.82) is 0 Å². The molecule has 0 heterocycles. The van der Waals surface area contributed by atoms with Gasteiger partial charge in [-0.15, -0.1) is 0 Å². The Labute approximate surface area is 141 Å². The Bertz CT molecular complexity index is 550. The molecule has 0 rings (SSSR count). The van der Waals surface area contributed by atoms with Gasteiger partial charge in [0, 0.05) is 0 Å². The predicted molar refractivity (Wildman–Crippen MR) is 100 cm³/mol. The van der Waals surface area contributed by atoms with Gasteiger partial charge in [0.05, 0.1) is 25.5 Å². The van der Waals surface area contributed by atoms with E-state index >= 15 is 0 Å². The fraction of sp³-hybridized carbons (Fsp3) is 0.300. The van der Waals surface area contributed by atoms with Crippen LogP contribution < -0.4 is 5.32 Å². The van der Waals surface area contributed by atoms with E-state index in [9.17, 15) is 0 Å². The molecule has 0 amide bonds. The minimum atomic E-state index is -0.454. The summed E-state index contributed by atoms with van der Waals surface area (Å²) in [5, 5.41) is 3.34. The highest BCUT2D eigenvalue weighted by Crippen LogP contribution is 2.27. The molecule has 0 aromatic carbocycles. The Morgan fingerprint density at radius 3 is 1.74 bits per heavy atom. The van der Waals surface area contributed by atoms with Crippen LogP contribution in [0.2, 0.25) is 0 Å². The number of hydrogen-bond donors (Lipinski definition) is 1. The number of methoxy groups -OCH3 is 2. The van der Waals surface area contributed by atoms with E-state index in [4.69, 9.17) is 9.47 Å². The third-order valence-corrected chi connectivity index (χ3v) is 3.78. The first-order chi connectivity index (χ1) is 10.9. The lowest BCUT2D eigenvalue weighted by molar-refractivity contribution is 0.293. The second-order valence-electron chi connectivity index (χ2n) is 4.99. The molecule has 3 heteroatoms. The monoisotopic (exact) mass is 315 g/mol. The van der Waals surface area contributed by atoms with Crippen molar-refractivity contribution in [3.05, 3.63) is 84.9 Å². The van der Waals surface area contributed by atoms with Gasteiger partial charge in [-0.25, -0.2) is 0 Å². The summed E-state index contributed by atoms with van der Waals surface area (Å²) in [6.07, 6.45) is 13.0. The molecule has 23 heavy (non-hydrogen) atoms. The Morgan fingerprint density at radius 1 is 0.870 bits per heavy atom. The minimum absolute atomic E-state index is 0.454. The van der Waals surface area contributed by atoms with Crippen LogP contribution in [-0.2, 0) is 9.47 Å². The highest BCUT2D eigenvalue weighted by molar-refractivity contribution is 5.47. The lowest BCUT2D eigenvalue weighted by Crippen LogP contribution is -2.42. The fourth-order valence-electron chi connectivity index (χ4n) is 2.00. The molecule has 0 saturated heterocycles. The summed E-state index contributed by atoms with van der Waals surface area (Å²) in [6.45, 7) is 15.5. The number of nitrogens with one attached hydrogen (secondary N) is 1. The molecule has 0 aliphatic heterocycles. The first-order valence-electron chi connectivity index (χ1n) is 7.39. The van der Waals surface area contributed by atoms with Gasteiger partial charge in [-0.05, 0) is 50.3 Å². The maximum absolute atomic E-state index is 5.20. The molecule has 0 aromatic rings. The van der Waals surface area contributed by atoms with Gasteiger partial charge in [-0.3, -0.25) is 0 Å². The summed E-state index contributed by atoms with van der Waals surface area (Å²) in [6, 6.07) is 0. The molecule has 126 valence electrons. The van der Waals surface area contributed by atoms with Gasteiger partial charge in [0.15, 0.2) is 0 Å². The maximum Gasteiger partial charge on any atom is 0.118 e. The summed E-state index contributed by atoms with van der Waals surface area (Å²) >= 11 is 0. The summed E-state index contributed by atoms with van der Waals surface area (Å²) in [4.78, 5) is 0. The summed E-state index contributed by atoms with van der Waals surface area (Å²) < 4.78 is 10.4. The topological polar surface area (TPSA) is 30.5 Å². The normalized spacial score (nSPS) is 16.4. The number of ether oxygens (including phenoxy) is 2. The molecule has 0 fully saturated rings. The largest absolute Gasteiger partial charge is 0.501 e. The van der Waals surface area contributed by atoms with Gasteiger partial charge in [0.2, 0.25) is 0 Å². The van der Waals surface area contributed by atoms with Crippen molar-refractivity contribution in [3.8, 4) is 0 Å². The van der Waals surface area contributed by atoms with Gasteiger partial charge in [0.25, 0.3) is 0 Å². The van der Waals surface area contributed by atoms with Crippen LogP contribution in [0, 0.1) is 0 Å². The lowest BCUT2D eigenvalue weighted by Gasteiger charge is -2.32.